The van der Waals surface area contributed by atoms with E-state index in [0.29, 0.717) is 6.07 Å². The maximum atomic E-state index is 10.8. The van der Waals surface area contributed by atoms with Gasteiger partial charge in [0.2, 0.25) is 0 Å². The van der Waals surface area contributed by atoms with Crippen LogP contribution >= 0.6 is 0 Å². The zero-order valence-electron chi connectivity index (χ0n) is 7.61. The van der Waals surface area contributed by atoms with E-state index in [0.717, 1.165) is 12.1 Å². The van der Waals surface area contributed by atoms with E-state index in [1.807, 2.05) is 0 Å². The molecule has 0 spiro atoms. The van der Waals surface area contributed by atoms with Crippen LogP contribution < -0.4 is 0 Å². The first-order valence-electron chi connectivity index (χ1n) is 3.81. The van der Waals surface area contributed by atoms with E-state index in [1.54, 1.807) is 0 Å². The summed E-state index contributed by atoms with van der Waals surface area (Å²) >= 11 is 0. The molecule has 9 heteroatoms. The van der Waals surface area contributed by atoms with Crippen LogP contribution in [0, 0.1) is 0 Å². The average molecular weight is 273 g/mol. The number of hydrogen-bond donors (Lipinski definition) is 3. The minimum Gasteiger partial charge on any atom is -0.478 e. The van der Waals surface area contributed by atoms with Crippen LogP contribution in [0.2, 0.25) is 0 Å². The highest BCUT2D eigenvalue weighted by Crippen LogP contribution is 2.17. The molecule has 0 saturated carbocycles. The summed E-state index contributed by atoms with van der Waals surface area (Å²) in [7, 11) is -4.78. The Morgan fingerprint density at radius 3 is 1.94 bits per heavy atom. The molecular weight excluding hydrogens is 264 g/mol. The highest BCUT2D eigenvalue weighted by Gasteiger charge is 2.21. The third-order valence-electron chi connectivity index (χ3n) is 1.74. The van der Waals surface area contributed by atoms with Crippen LogP contribution in [0.5, 0.6) is 0 Å². The van der Waals surface area contributed by atoms with Crippen LogP contribution in [0.25, 0.3) is 0 Å². The second kappa shape index (κ2) is 5.45. The van der Waals surface area contributed by atoms with Gasteiger partial charge in [0.15, 0.2) is 0 Å². The van der Waals surface area contributed by atoms with E-state index in [1.165, 1.54) is 0 Å². The van der Waals surface area contributed by atoms with Crippen LogP contribution in [0.4, 0.5) is 0 Å². The molecule has 0 radical (unpaired) electrons. The highest BCUT2D eigenvalue weighted by molar-refractivity contribution is 7.86. The molecule has 17 heavy (non-hydrogen) atoms. The van der Waals surface area contributed by atoms with Crippen molar-refractivity contribution in [1.82, 2.24) is 0 Å². The quantitative estimate of drug-likeness (QED) is 0.495. The third-order valence-corrected chi connectivity index (χ3v) is 2.63. The van der Waals surface area contributed by atoms with Crippen LogP contribution in [-0.4, -0.2) is 58.2 Å². The predicted octanol–water partition coefficient (Wildman–Crippen LogP) is -0.586. The van der Waals surface area contributed by atoms with Crippen molar-refractivity contribution in [2.75, 3.05) is 0 Å². The van der Waals surface area contributed by atoms with Crippen LogP contribution in [0.3, 0.4) is 0 Å². The summed E-state index contributed by atoms with van der Waals surface area (Å²) < 4.78 is 30.4. The molecule has 1 aromatic rings. The van der Waals surface area contributed by atoms with E-state index < -0.39 is 38.1 Å². The molecule has 0 aromatic heterocycles. The van der Waals surface area contributed by atoms with E-state index in [-0.39, 0.29) is 23.1 Å². The molecule has 0 unspecified atom stereocenters. The number of carbonyl (C=O) groups is 2. The molecule has 1 aromatic carbocycles. The molecule has 0 aliphatic carbocycles. The third kappa shape index (κ3) is 3.66. The van der Waals surface area contributed by atoms with Gasteiger partial charge in [-0.25, -0.2) is 9.59 Å². The molecule has 0 aliphatic heterocycles. The second-order valence-electron chi connectivity index (χ2n) is 2.80. The van der Waals surface area contributed by atoms with Gasteiger partial charge >= 0.3 is 35.0 Å². The molecule has 0 fully saturated rings. The summed E-state index contributed by atoms with van der Waals surface area (Å²) in [5.74, 6) is -3.01. The van der Waals surface area contributed by atoms with E-state index in [2.05, 4.69) is 0 Å². The predicted molar refractivity (Wildman–Crippen MR) is 58.7 cm³/mol. The Hall–Kier alpha value is -1.16. The Balaban J connectivity index is 0.00000256. The molecule has 0 amide bonds. The van der Waals surface area contributed by atoms with Crippen LogP contribution in [0.1, 0.15) is 20.7 Å². The Morgan fingerprint density at radius 1 is 1.06 bits per heavy atom. The van der Waals surface area contributed by atoms with Gasteiger partial charge in [0, 0.05) is 0 Å². The standard InChI is InChI=1S/C8H6O7S.Mg.2H/c9-7(10)4-1-2-5(8(11)12)6(3-4)16(13,14)15;;;/h1-3H,(H,9,10)(H,11,12)(H,13,14,15);;;. The van der Waals surface area contributed by atoms with E-state index in [4.69, 9.17) is 14.8 Å². The molecule has 1 rings (SSSR count). The van der Waals surface area contributed by atoms with Crippen molar-refractivity contribution in [2.24, 2.45) is 0 Å². The lowest BCUT2D eigenvalue weighted by Gasteiger charge is -2.03. The monoisotopic (exact) mass is 272 g/mol. The lowest BCUT2D eigenvalue weighted by molar-refractivity contribution is 0.0677. The van der Waals surface area contributed by atoms with Gasteiger partial charge in [-0.2, -0.15) is 8.42 Å². The molecule has 0 heterocycles. The minimum atomic E-state index is -4.78. The van der Waals surface area contributed by atoms with Crippen molar-refractivity contribution in [2.45, 2.75) is 4.90 Å². The number of carboxylic acids is 2. The maximum Gasteiger partial charge on any atom is 0.337 e. The van der Waals surface area contributed by atoms with E-state index >= 15 is 0 Å². The average Bonchev–Trinajstić information content (AvgIpc) is 2.15. The van der Waals surface area contributed by atoms with Crippen molar-refractivity contribution in [1.29, 1.82) is 0 Å². The van der Waals surface area contributed by atoms with Crippen LogP contribution in [0.15, 0.2) is 23.1 Å². The molecule has 0 saturated heterocycles. The second-order valence-corrected chi connectivity index (χ2v) is 4.19. The van der Waals surface area contributed by atoms with Gasteiger partial charge in [0.05, 0.1) is 11.1 Å². The highest BCUT2D eigenvalue weighted by atomic mass is 32.2. The topological polar surface area (TPSA) is 129 Å². The van der Waals surface area contributed by atoms with Gasteiger partial charge in [-0.05, 0) is 18.2 Å². The summed E-state index contributed by atoms with van der Waals surface area (Å²) in [6, 6.07) is 2.32. The van der Waals surface area contributed by atoms with Crippen molar-refractivity contribution in [3.8, 4) is 0 Å². The van der Waals surface area contributed by atoms with Gasteiger partial charge < -0.3 is 10.2 Å². The van der Waals surface area contributed by atoms with Gasteiger partial charge in [-0.3, -0.25) is 4.55 Å². The molecule has 0 aliphatic rings. The fourth-order valence-electron chi connectivity index (χ4n) is 1.05. The van der Waals surface area contributed by atoms with Gasteiger partial charge in [-0.1, -0.05) is 0 Å². The molecule has 3 N–H and O–H groups in total. The SMILES string of the molecule is O=C(O)c1ccc(C(=O)O)c(S(=O)(=O)O)c1.[MgH2]. The summed E-state index contributed by atoms with van der Waals surface area (Å²) in [6.45, 7) is 0. The van der Waals surface area contributed by atoms with Crippen molar-refractivity contribution >= 4 is 45.1 Å². The van der Waals surface area contributed by atoms with Crippen molar-refractivity contribution in [3.05, 3.63) is 29.3 Å². The summed E-state index contributed by atoms with van der Waals surface area (Å²) in [4.78, 5) is 20.2. The normalized spacial score (nSPS) is 10.4. The smallest absolute Gasteiger partial charge is 0.337 e. The lowest BCUT2D eigenvalue weighted by Crippen LogP contribution is -2.10. The molecule has 7 nitrogen and oxygen atoms in total. The maximum absolute atomic E-state index is 10.8. The molecule has 90 valence electrons. The van der Waals surface area contributed by atoms with E-state index in [9.17, 15) is 18.0 Å². The van der Waals surface area contributed by atoms with Crippen LogP contribution in [-0.2, 0) is 10.1 Å². The number of carboxylic acid groups (broad SMARTS) is 2. The summed E-state index contributed by atoms with van der Waals surface area (Å²) in [5, 5.41) is 17.2. The number of benzene rings is 1. The lowest BCUT2D eigenvalue weighted by atomic mass is 10.1. The first-order chi connectivity index (χ1) is 7.23. The van der Waals surface area contributed by atoms with Gasteiger partial charge in [0.1, 0.15) is 4.90 Å². The fourth-order valence-corrected chi connectivity index (χ4v) is 1.75. The molecule has 0 atom stereocenters. The first kappa shape index (κ1) is 15.8. The Kier molecular flexibility index (Phi) is 5.07. The zero-order valence-corrected chi connectivity index (χ0v) is 8.43. The summed E-state index contributed by atoms with van der Waals surface area (Å²) in [6.07, 6.45) is 0. The Labute approximate surface area is 112 Å². The number of hydrogen-bond acceptors (Lipinski definition) is 4. The minimum absolute atomic E-state index is 0. The largest absolute Gasteiger partial charge is 0.478 e. The summed E-state index contributed by atoms with van der Waals surface area (Å²) in [5.41, 5.74) is -1.12. The number of rotatable bonds is 3. The van der Waals surface area contributed by atoms with Gasteiger partial charge in [0.25, 0.3) is 10.1 Å². The Bertz CT molecular complexity index is 563. The number of aromatic carboxylic acids is 2. The fraction of sp³-hybridized carbons (Fsp3) is 0. The van der Waals surface area contributed by atoms with Crippen molar-refractivity contribution in [3.63, 3.8) is 0 Å². The van der Waals surface area contributed by atoms with Crippen molar-refractivity contribution < 1.29 is 32.8 Å². The van der Waals surface area contributed by atoms with Gasteiger partial charge in [-0.15, -0.1) is 0 Å². The molecule has 0 bridgehead atoms. The molecular formula is C8H8MgO7S. The first-order valence-corrected chi connectivity index (χ1v) is 5.25. The zero-order chi connectivity index (χ0) is 12.5. The Morgan fingerprint density at radius 2 is 1.59 bits per heavy atom.